The van der Waals surface area contributed by atoms with Gasteiger partial charge in [-0.3, -0.25) is 0 Å². The molecule has 1 nitrogen and oxygen atoms in total. The van der Waals surface area contributed by atoms with Crippen molar-refractivity contribution in [2.75, 3.05) is 0 Å². The van der Waals surface area contributed by atoms with Crippen LogP contribution < -0.4 is 4.74 Å². The van der Waals surface area contributed by atoms with Gasteiger partial charge in [0.25, 0.3) is 0 Å². The van der Waals surface area contributed by atoms with Crippen LogP contribution in [0.1, 0.15) is 17.5 Å². The molecule has 1 heterocycles. The molecule has 0 radical (unpaired) electrons. The molecule has 0 unspecified atom stereocenters. The highest BCUT2D eigenvalue weighted by molar-refractivity contribution is 5.43. The normalized spacial score (nSPS) is 15.2. The Morgan fingerprint density at radius 3 is 3.00 bits per heavy atom. The molecule has 1 heteroatoms. The number of para-hydroxylation sites is 1. The van der Waals surface area contributed by atoms with Gasteiger partial charge in [0.05, 0.1) is 5.76 Å². The lowest BCUT2D eigenvalue weighted by atomic mass is 10.0. The fraction of sp³-hybridized carbons (Fsp3) is 0.273. The summed E-state index contributed by atoms with van der Waals surface area (Å²) in [6.45, 7) is 5.90. The van der Waals surface area contributed by atoms with Crippen LogP contribution in [0.2, 0.25) is 0 Å². The fourth-order valence-electron chi connectivity index (χ4n) is 1.53. The van der Waals surface area contributed by atoms with Crippen LogP contribution in [-0.2, 0) is 6.42 Å². The summed E-state index contributed by atoms with van der Waals surface area (Å²) in [6, 6.07) is 6.26. The third kappa shape index (κ3) is 1.11. The number of allylic oxidation sites excluding steroid dienone is 1. The number of fused-ring (bicyclic) bond motifs is 1. The Labute approximate surface area is 72.7 Å². The molecule has 2 rings (SSSR count). The van der Waals surface area contributed by atoms with Crippen molar-refractivity contribution in [2.24, 2.45) is 0 Å². The lowest BCUT2D eigenvalue weighted by Crippen LogP contribution is -2.06. The zero-order valence-electron chi connectivity index (χ0n) is 7.26. The predicted octanol–water partition coefficient (Wildman–Crippen LogP) is 2.83. The quantitative estimate of drug-likeness (QED) is 0.567. The Bertz CT molecular complexity index is 326. The molecule has 62 valence electrons. The predicted molar refractivity (Wildman–Crippen MR) is 49.3 cm³/mol. The Morgan fingerprint density at radius 1 is 1.33 bits per heavy atom. The van der Waals surface area contributed by atoms with Crippen LogP contribution in [0.3, 0.4) is 0 Å². The van der Waals surface area contributed by atoms with E-state index in [1.807, 2.05) is 0 Å². The third-order valence-electron chi connectivity index (χ3n) is 2.21. The zero-order chi connectivity index (χ0) is 8.55. The van der Waals surface area contributed by atoms with Crippen LogP contribution >= 0.6 is 0 Å². The van der Waals surface area contributed by atoms with Crippen molar-refractivity contribution in [2.45, 2.75) is 19.8 Å². The Balaban J connectivity index is 2.50. The summed E-state index contributed by atoms with van der Waals surface area (Å²) in [6.07, 6.45) is 2.02. The number of hydrogen-bond acceptors (Lipinski definition) is 1. The van der Waals surface area contributed by atoms with E-state index in [1.54, 1.807) is 0 Å². The topological polar surface area (TPSA) is 9.23 Å². The highest BCUT2D eigenvalue weighted by Crippen LogP contribution is 2.31. The number of benzene rings is 1. The van der Waals surface area contributed by atoms with Gasteiger partial charge < -0.3 is 4.74 Å². The van der Waals surface area contributed by atoms with Gasteiger partial charge in [-0.1, -0.05) is 24.8 Å². The maximum Gasteiger partial charge on any atom is 0.132 e. The zero-order valence-corrected chi connectivity index (χ0v) is 7.26. The minimum atomic E-state index is 0.886. The van der Waals surface area contributed by atoms with Crippen LogP contribution in [0.25, 0.3) is 0 Å². The third-order valence-corrected chi connectivity index (χ3v) is 2.21. The second kappa shape index (κ2) is 2.67. The van der Waals surface area contributed by atoms with Gasteiger partial charge in [-0.05, 0) is 24.5 Å². The van der Waals surface area contributed by atoms with Crippen molar-refractivity contribution in [1.82, 2.24) is 0 Å². The summed E-state index contributed by atoms with van der Waals surface area (Å²) in [5, 5.41) is 0. The Hall–Kier alpha value is -1.24. The van der Waals surface area contributed by atoms with Gasteiger partial charge in [-0.15, -0.1) is 0 Å². The first-order chi connectivity index (χ1) is 5.77. The standard InChI is InChI=1S/C11H12O/c1-8-4-3-5-10-7-6-9(2)12-11(8)10/h3-5H,2,6-7H2,1H3. The number of ether oxygens (including phenoxy) is 1. The van der Waals surface area contributed by atoms with Gasteiger partial charge >= 0.3 is 0 Å². The molecule has 0 N–H and O–H groups in total. The van der Waals surface area contributed by atoms with Gasteiger partial charge in [-0.25, -0.2) is 0 Å². The van der Waals surface area contributed by atoms with Crippen LogP contribution in [-0.4, -0.2) is 0 Å². The monoisotopic (exact) mass is 160 g/mol. The first-order valence-electron chi connectivity index (χ1n) is 4.21. The van der Waals surface area contributed by atoms with Crippen molar-refractivity contribution in [3.05, 3.63) is 41.7 Å². The average Bonchev–Trinajstić information content (AvgIpc) is 2.07. The van der Waals surface area contributed by atoms with Crippen molar-refractivity contribution in [1.29, 1.82) is 0 Å². The number of rotatable bonds is 0. The molecule has 1 aliphatic rings. The second-order valence-corrected chi connectivity index (χ2v) is 3.20. The first kappa shape index (κ1) is 7.41. The molecular formula is C11H12O. The smallest absolute Gasteiger partial charge is 0.132 e. The van der Waals surface area contributed by atoms with Gasteiger partial charge in [0, 0.05) is 6.42 Å². The maximum atomic E-state index is 5.57. The molecule has 0 saturated heterocycles. The van der Waals surface area contributed by atoms with Gasteiger partial charge in [0.1, 0.15) is 5.75 Å². The summed E-state index contributed by atoms with van der Waals surface area (Å²) < 4.78 is 5.57. The van der Waals surface area contributed by atoms with E-state index in [0.29, 0.717) is 0 Å². The van der Waals surface area contributed by atoms with E-state index in [0.717, 1.165) is 24.4 Å². The molecule has 1 aliphatic heterocycles. The Kier molecular flexibility index (Phi) is 1.65. The molecule has 1 aromatic rings. The molecule has 0 fully saturated rings. The Morgan fingerprint density at radius 2 is 2.17 bits per heavy atom. The van der Waals surface area contributed by atoms with Crippen molar-refractivity contribution in [3.8, 4) is 5.75 Å². The number of hydrogen-bond donors (Lipinski definition) is 0. The minimum Gasteiger partial charge on any atom is -0.462 e. The van der Waals surface area contributed by atoms with Gasteiger partial charge in [-0.2, -0.15) is 0 Å². The van der Waals surface area contributed by atoms with E-state index >= 15 is 0 Å². The molecule has 0 atom stereocenters. The van der Waals surface area contributed by atoms with Crippen LogP contribution in [0.4, 0.5) is 0 Å². The second-order valence-electron chi connectivity index (χ2n) is 3.20. The molecular weight excluding hydrogens is 148 g/mol. The average molecular weight is 160 g/mol. The minimum absolute atomic E-state index is 0.886. The largest absolute Gasteiger partial charge is 0.462 e. The van der Waals surface area contributed by atoms with Crippen molar-refractivity contribution in [3.63, 3.8) is 0 Å². The lowest BCUT2D eigenvalue weighted by molar-refractivity contribution is 0.378. The van der Waals surface area contributed by atoms with Crippen LogP contribution in [0.5, 0.6) is 5.75 Å². The summed E-state index contributed by atoms with van der Waals surface area (Å²) in [4.78, 5) is 0. The van der Waals surface area contributed by atoms with E-state index in [1.165, 1.54) is 11.1 Å². The van der Waals surface area contributed by atoms with E-state index in [9.17, 15) is 0 Å². The van der Waals surface area contributed by atoms with Gasteiger partial charge in [0.15, 0.2) is 0 Å². The van der Waals surface area contributed by atoms with Crippen LogP contribution in [0.15, 0.2) is 30.5 Å². The SMILES string of the molecule is C=C1CCc2cccc(C)c2O1. The highest BCUT2D eigenvalue weighted by atomic mass is 16.5. The molecule has 0 spiro atoms. The van der Waals surface area contributed by atoms with E-state index in [-0.39, 0.29) is 0 Å². The molecule has 12 heavy (non-hydrogen) atoms. The molecule has 0 amide bonds. The van der Waals surface area contributed by atoms with E-state index in [2.05, 4.69) is 31.7 Å². The van der Waals surface area contributed by atoms with E-state index in [4.69, 9.17) is 4.74 Å². The van der Waals surface area contributed by atoms with E-state index < -0.39 is 0 Å². The van der Waals surface area contributed by atoms with Gasteiger partial charge in [0.2, 0.25) is 0 Å². The molecule has 1 aromatic carbocycles. The first-order valence-corrected chi connectivity index (χ1v) is 4.21. The molecule has 0 aromatic heterocycles. The van der Waals surface area contributed by atoms with Crippen molar-refractivity contribution < 1.29 is 4.74 Å². The molecule has 0 saturated carbocycles. The summed E-state index contributed by atoms with van der Waals surface area (Å²) >= 11 is 0. The summed E-state index contributed by atoms with van der Waals surface area (Å²) in [5.74, 6) is 1.91. The highest BCUT2D eigenvalue weighted by Gasteiger charge is 2.13. The summed E-state index contributed by atoms with van der Waals surface area (Å²) in [7, 11) is 0. The van der Waals surface area contributed by atoms with Crippen LogP contribution in [0, 0.1) is 6.92 Å². The summed E-state index contributed by atoms with van der Waals surface area (Å²) in [5.41, 5.74) is 2.51. The van der Waals surface area contributed by atoms with Crippen molar-refractivity contribution >= 4 is 0 Å². The molecule has 0 aliphatic carbocycles. The maximum absolute atomic E-state index is 5.57. The number of aryl methyl sites for hydroxylation is 2. The fourth-order valence-corrected chi connectivity index (χ4v) is 1.53. The molecule has 0 bridgehead atoms. The lowest BCUT2D eigenvalue weighted by Gasteiger charge is -2.20.